The van der Waals surface area contributed by atoms with Crippen LogP contribution in [0.2, 0.25) is 103 Å². The molecule has 0 saturated carbocycles. The minimum atomic E-state index is -2.35. The molecule has 5 N–H and O–H groups in total. The van der Waals surface area contributed by atoms with Crippen molar-refractivity contribution in [3.05, 3.63) is 117 Å². The molecule has 4 aromatic carbocycles. The maximum absolute atomic E-state index is 13.3. The number of hydrogen-bond acceptors (Lipinski definition) is 19. The highest BCUT2D eigenvalue weighted by molar-refractivity contribution is 6.88. The van der Waals surface area contributed by atoms with Crippen molar-refractivity contribution in [1.29, 1.82) is 0 Å². The van der Waals surface area contributed by atoms with Crippen LogP contribution in [0, 0.1) is 0 Å². The van der Waals surface area contributed by atoms with Gasteiger partial charge in [-0.1, -0.05) is 0 Å². The quantitative estimate of drug-likeness (QED) is 0.0173. The second-order valence-corrected chi connectivity index (χ2v) is 49.6. The minimum absolute atomic E-state index is 0.114. The highest BCUT2D eigenvalue weighted by Crippen LogP contribution is 2.35. The average molecular weight is 1270 g/mol. The lowest BCUT2D eigenvalue weighted by molar-refractivity contribution is 0.0425. The molecule has 0 fully saturated rings. The van der Waals surface area contributed by atoms with Crippen molar-refractivity contribution in [3.8, 4) is 23.0 Å². The molecule has 460 valence electrons. The predicted octanol–water partition coefficient (Wildman–Crippen LogP) is 10.4. The number of esters is 4. The van der Waals surface area contributed by atoms with Gasteiger partial charge in [-0.25, -0.2) is 19.2 Å². The van der Waals surface area contributed by atoms with E-state index in [4.69, 9.17) is 37.4 Å². The van der Waals surface area contributed by atoms with Gasteiger partial charge in [0.25, 0.3) is 23.6 Å². The van der Waals surface area contributed by atoms with Crippen molar-refractivity contribution in [3.63, 3.8) is 0 Å². The van der Waals surface area contributed by atoms with Crippen molar-refractivity contribution in [2.75, 3.05) is 40.3 Å². The normalized spacial score (nSPS) is 15.0. The highest BCUT2D eigenvalue weighted by Gasteiger charge is 2.42. The lowest BCUT2D eigenvalue weighted by Gasteiger charge is -2.39. The number of ether oxygens (including phenoxy) is 4. The Kier molecular flexibility index (Phi) is 22.3. The Morgan fingerprint density at radius 2 is 0.718 bits per heavy atom. The summed E-state index contributed by atoms with van der Waals surface area (Å²) in [5.74, 6) is -3.00. The molecule has 0 aliphatic carbocycles. The molecule has 0 atom stereocenters. The molecule has 0 bridgehead atoms. The van der Waals surface area contributed by atoms with E-state index in [0.29, 0.717) is 35.6 Å². The molecule has 85 heavy (non-hydrogen) atoms. The fourth-order valence-electron chi connectivity index (χ4n) is 10.8. The molecule has 21 nitrogen and oxygen atoms in total. The summed E-state index contributed by atoms with van der Waals surface area (Å²) >= 11 is 0. The molecule has 4 aromatic rings. The number of carbonyl (C=O) groups excluding carboxylic acids is 8. The van der Waals surface area contributed by atoms with E-state index in [1.165, 1.54) is 54.4 Å². The first kappa shape index (κ1) is 68.2. The van der Waals surface area contributed by atoms with Gasteiger partial charge in [-0.15, -0.1) is 0 Å². The number of imide groups is 2. The van der Waals surface area contributed by atoms with Gasteiger partial charge >= 0.3 is 41.0 Å². The standard InChI is InChI=1S/C30H43N3O7Si3.C16H6O7.C12H34N2O2Si3/c1-31-15-9-17-41(3,4)39-43(7,8)40-42(5,6)18-10-16-33-29(36)24-14-12-22(20-26(24)30(33)37)38-21-11-13-23-25(19-21)28(35)32(2)27(23)34;17-13-9-3-1-7(5-11(9)15(19)22-13)21-8-2-4-10-12(6-8)16(20)23-14(10)18;1-17(2,11-7-9-13)15-19(5,6)16-18(3,4)12-8-10-14/h11-14,19-20,31H,9-10,15-18H2,1-8H3;1-6H;7-14H2,1-6H3. The molecule has 0 spiro atoms. The van der Waals surface area contributed by atoms with Crippen molar-refractivity contribution in [2.24, 2.45) is 11.5 Å². The van der Waals surface area contributed by atoms with Crippen LogP contribution in [-0.2, 0) is 25.9 Å². The van der Waals surface area contributed by atoms with Gasteiger partial charge < -0.3 is 52.2 Å². The highest BCUT2D eigenvalue weighted by atomic mass is 28.5. The topological polar surface area (TPSA) is 281 Å². The average Bonchev–Trinajstić information content (AvgIpc) is 2.89. The number of rotatable bonds is 26. The summed E-state index contributed by atoms with van der Waals surface area (Å²) in [7, 11) is -8.21. The Morgan fingerprint density at radius 3 is 1.11 bits per heavy atom. The van der Waals surface area contributed by atoms with Crippen LogP contribution >= 0.6 is 0 Å². The Bertz CT molecular complexity index is 3130. The largest absolute Gasteiger partial charge is 0.457 e. The van der Waals surface area contributed by atoms with Crippen LogP contribution < -0.4 is 26.3 Å². The van der Waals surface area contributed by atoms with Gasteiger partial charge in [0, 0.05) is 13.6 Å². The molecule has 0 unspecified atom stereocenters. The van der Waals surface area contributed by atoms with Gasteiger partial charge in [-0.2, -0.15) is 0 Å². The summed E-state index contributed by atoms with van der Waals surface area (Å²) < 4.78 is 46.7. The van der Waals surface area contributed by atoms with Gasteiger partial charge in [0.05, 0.1) is 44.5 Å². The fourth-order valence-corrected chi connectivity index (χ4v) is 38.9. The molecule has 4 heterocycles. The van der Waals surface area contributed by atoms with Crippen LogP contribution in [0.1, 0.15) is 109 Å². The summed E-state index contributed by atoms with van der Waals surface area (Å²) in [6.45, 7) is 29.3. The lowest BCUT2D eigenvalue weighted by atomic mass is 10.1. The van der Waals surface area contributed by atoms with Crippen LogP contribution in [0.15, 0.2) is 72.8 Å². The fraction of sp³-hybridized carbons (Fsp3) is 0.448. The van der Waals surface area contributed by atoms with E-state index in [0.717, 1.165) is 68.0 Å². The first-order valence-electron chi connectivity index (χ1n) is 28.6. The van der Waals surface area contributed by atoms with Crippen LogP contribution in [-0.4, -0.2) is 148 Å². The molecule has 0 saturated heterocycles. The van der Waals surface area contributed by atoms with Gasteiger partial charge in [-0.3, -0.25) is 29.0 Å². The number of nitrogens with zero attached hydrogens (tertiary/aromatic N) is 2. The predicted molar refractivity (Wildman–Crippen MR) is 336 cm³/mol. The van der Waals surface area contributed by atoms with E-state index in [-0.39, 0.29) is 62.6 Å². The van der Waals surface area contributed by atoms with E-state index in [1.54, 1.807) is 30.3 Å². The maximum atomic E-state index is 13.3. The summed E-state index contributed by atoms with van der Waals surface area (Å²) in [6.07, 6.45) is 3.84. The second-order valence-electron chi connectivity index (χ2n) is 24.7. The van der Waals surface area contributed by atoms with E-state index < -0.39 is 80.2 Å². The number of hydrogen-bond donors (Lipinski definition) is 3. The van der Waals surface area contributed by atoms with E-state index in [1.807, 2.05) is 7.05 Å². The number of carbonyl (C=O) groups is 8. The molecule has 4 amide bonds. The minimum Gasteiger partial charge on any atom is -0.457 e. The number of cyclic esters (lactones) is 4. The van der Waals surface area contributed by atoms with Crippen molar-refractivity contribution in [2.45, 2.75) is 128 Å². The summed E-state index contributed by atoms with van der Waals surface area (Å²) in [5, 5.41) is 3.20. The number of nitrogens with one attached hydrogen (secondary N) is 1. The van der Waals surface area contributed by atoms with E-state index >= 15 is 0 Å². The Hall–Kier alpha value is -5.94. The molecular weight excluding hydrogens is 1190 g/mol. The van der Waals surface area contributed by atoms with E-state index in [2.05, 4.69) is 93.4 Å². The second kappa shape index (κ2) is 27.8. The molecular formula is C58H83N5O16Si6. The number of nitrogens with two attached hydrogens (primary N) is 2. The van der Waals surface area contributed by atoms with Crippen LogP contribution in [0.25, 0.3) is 0 Å². The third-order valence-corrected chi connectivity index (χ3v) is 37.1. The molecule has 0 aromatic heterocycles. The van der Waals surface area contributed by atoms with Crippen molar-refractivity contribution >= 4 is 97.9 Å². The summed E-state index contributed by atoms with van der Waals surface area (Å²) in [5.41, 5.74) is 13.0. The van der Waals surface area contributed by atoms with Crippen molar-refractivity contribution < 1.29 is 73.8 Å². The molecule has 4 aliphatic heterocycles. The van der Waals surface area contributed by atoms with Crippen molar-refractivity contribution in [1.82, 2.24) is 15.1 Å². The number of fused-ring (bicyclic) bond motifs is 4. The first-order valence-corrected chi connectivity index (χ1v) is 46.7. The Balaban J connectivity index is 0.000000230. The maximum Gasteiger partial charge on any atom is 0.347 e. The molecule has 27 heteroatoms. The van der Waals surface area contributed by atoms with Gasteiger partial charge in [-0.05, 0) is 228 Å². The summed E-state index contributed by atoms with van der Waals surface area (Å²) in [4.78, 5) is 99.0. The summed E-state index contributed by atoms with van der Waals surface area (Å²) in [6, 6.07) is 22.1. The lowest BCUT2D eigenvalue weighted by Crippen LogP contribution is -2.52. The Morgan fingerprint density at radius 1 is 0.412 bits per heavy atom. The number of amides is 4. The molecule has 8 rings (SSSR count). The Labute approximate surface area is 504 Å². The zero-order valence-corrected chi connectivity index (χ0v) is 57.5. The smallest absolute Gasteiger partial charge is 0.347 e. The first-order chi connectivity index (χ1) is 39.6. The third kappa shape index (κ3) is 18.3. The van der Waals surface area contributed by atoms with Gasteiger partial charge in [0.2, 0.25) is 0 Å². The number of benzene rings is 4. The third-order valence-electron chi connectivity index (χ3n) is 14.1. The van der Waals surface area contributed by atoms with Gasteiger partial charge in [0.1, 0.15) is 23.0 Å². The van der Waals surface area contributed by atoms with Crippen LogP contribution in [0.3, 0.4) is 0 Å². The zero-order valence-electron chi connectivity index (χ0n) is 51.5. The monoisotopic (exact) mass is 1270 g/mol. The molecule has 0 radical (unpaired) electrons. The van der Waals surface area contributed by atoms with Crippen LogP contribution in [0.4, 0.5) is 0 Å². The molecule has 4 aliphatic rings. The van der Waals surface area contributed by atoms with E-state index in [9.17, 15) is 38.4 Å². The zero-order chi connectivity index (χ0) is 63.0. The van der Waals surface area contributed by atoms with Gasteiger partial charge in [0.15, 0.2) is 33.3 Å². The SMILES string of the molecule is CNCCC[Si](C)(C)O[Si](C)(C)O[Si](C)(C)CCCN1C(=O)c2ccc(Oc3ccc4c(c3)C(=O)N(C)C4=O)cc2C1=O.C[Si](C)(CCCN)O[Si](C)(C)O[Si](C)(C)CCCN.O=C1OC(=O)c2cc(Oc3ccc4c(c3)C(=O)OC4=O)ccc21. The van der Waals surface area contributed by atoms with Crippen LogP contribution in [0.5, 0.6) is 23.0 Å².